The van der Waals surface area contributed by atoms with Crippen molar-refractivity contribution in [1.82, 2.24) is 0 Å². The topological polar surface area (TPSA) is 70.2 Å². The molecule has 0 bridgehead atoms. The van der Waals surface area contributed by atoms with Crippen LogP contribution in [0.3, 0.4) is 0 Å². The lowest BCUT2D eigenvalue weighted by molar-refractivity contribution is -0.115. The van der Waals surface area contributed by atoms with E-state index in [0.29, 0.717) is 27.8 Å². The van der Waals surface area contributed by atoms with Gasteiger partial charge in [-0.3, -0.25) is 9.59 Å². The van der Waals surface area contributed by atoms with Gasteiger partial charge in [-0.25, -0.2) is 0 Å². The van der Waals surface area contributed by atoms with E-state index in [-0.39, 0.29) is 16.9 Å². The van der Waals surface area contributed by atoms with Crippen molar-refractivity contribution in [3.63, 3.8) is 0 Å². The van der Waals surface area contributed by atoms with Gasteiger partial charge in [-0.15, -0.1) is 11.8 Å². The molecule has 1 unspecified atom stereocenters. The first kappa shape index (κ1) is 24.8. The third-order valence-electron chi connectivity index (χ3n) is 4.67. The summed E-state index contributed by atoms with van der Waals surface area (Å²) in [6.45, 7) is 3.51. The van der Waals surface area contributed by atoms with Crippen LogP contribution < -0.4 is 16.0 Å². The van der Waals surface area contributed by atoms with Crippen molar-refractivity contribution in [2.75, 3.05) is 16.0 Å². The van der Waals surface area contributed by atoms with Gasteiger partial charge in [0.2, 0.25) is 5.91 Å². The predicted molar refractivity (Wildman–Crippen MR) is 143 cm³/mol. The molecule has 0 aliphatic rings. The predicted octanol–water partition coefficient (Wildman–Crippen LogP) is 6.86. The van der Waals surface area contributed by atoms with Crippen molar-refractivity contribution in [1.29, 1.82) is 0 Å². The minimum atomic E-state index is -0.260. The van der Waals surface area contributed by atoms with Crippen LogP contribution in [0.2, 0.25) is 5.02 Å². The maximum absolute atomic E-state index is 12.7. The molecule has 8 heteroatoms. The minimum absolute atomic E-state index is 0.0169. The number of carbonyl (C=O) groups excluding carboxylic acids is 2. The lowest BCUT2D eigenvalue weighted by atomic mass is 10.1. The molecule has 3 aromatic carbocycles. The van der Waals surface area contributed by atoms with E-state index in [0.717, 1.165) is 16.3 Å². The highest BCUT2D eigenvalue weighted by molar-refractivity contribution is 8.00. The molecule has 3 rings (SSSR count). The monoisotopic (exact) mass is 497 g/mol. The summed E-state index contributed by atoms with van der Waals surface area (Å²) in [5.41, 5.74) is 2.92. The van der Waals surface area contributed by atoms with Gasteiger partial charge in [0.1, 0.15) is 0 Å². The molecule has 5 nitrogen and oxygen atoms in total. The van der Waals surface area contributed by atoms with Crippen LogP contribution in [0.25, 0.3) is 0 Å². The van der Waals surface area contributed by atoms with Crippen molar-refractivity contribution in [2.45, 2.75) is 30.4 Å². The highest BCUT2D eigenvalue weighted by Crippen LogP contribution is 2.29. The number of Topliss-reactive ketones (excluding diaryl/α,β-unsaturated/α-hetero) is 1. The normalized spacial score (nSPS) is 11.4. The largest absolute Gasteiger partial charge is 0.332 e. The molecule has 1 atom stereocenters. The van der Waals surface area contributed by atoms with Gasteiger partial charge in [-0.05, 0) is 86.2 Å². The summed E-state index contributed by atoms with van der Waals surface area (Å²) in [5.74, 6) is -0.0578. The zero-order valence-electron chi connectivity index (χ0n) is 18.2. The van der Waals surface area contributed by atoms with E-state index in [4.69, 9.17) is 23.8 Å². The number of rotatable bonds is 8. The molecule has 33 heavy (non-hydrogen) atoms. The fourth-order valence-corrected chi connectivity index (χ4v) is 4.44. The van der Waals surface area contributed by atoms with Crippen molar-refractivity contribution in [3.8, 4) is 0 Å². The lowest BCUT2D eigenvalue weighted by Gasteiger charge is -2.16. The van der Waals surface area contributed by atoms with Gasteiger partial charge in [-0.2, -0.15) is 0 Å². The second-order valence-electron chi connectivity index (χ2n) is 7.25. The zero-order chi connectivity index (χ0) is 23.8. The molecule has 0 aliphatic heterocycles. The fourth-order valence-electron chi connectivity index (χ4n) is 3.00. The van der Waals surface area contributed by atoms with Gasteiger partial charge in [0.05, 0.1) is 5.25 Å². The second-order valence-corrected chi connectivity index (χ2v) is 9.38. The Hall–Kier alpha value is -2.87. The molecule has 0 radical (unpaired) electrons. The molecule has 3 aromatic rings. The molecule has 0 aromatic heterocycles. The van der Waals surface area contributed by atoms with Gasteiger partial charge < -0.3 is 16.0 Å². The molecule has 0 spiro atoms. The van der Waals surface area contributed by atoms with Crippen molar-refractivity contribution in [2.24, 2.45) is 0 Å². The van der Waals surface area contributed by atoms with Crippen LogP contribution in [-0.4, -0.2) is 22.1 Å². The van der Waals surface area contributed by atoms with Gasteiger partial charge >= 0.3 is 0 Å². The number of hydrogen-bond acceptors (Lipinski definition) is 4. The highest BCUT2D eigenvalue weighted by atomic mass is 35.5. The quantitative estimate of drug-likeness (QED) is 0.179. The average molecular weight is 498 g/mol. The van der Waals surface area contributed by atoms with Gasteiger partial charge in [0.15, 0.2) is 10.9 Å². The number of amides is 1. The Morgan fingerprint density at radius 1 is 0.909 bits per heavy atom. The lowest BCUT2D eigenvalue weighted by Crippen LogP contribution is -2.24. The Bertz CT molecular complexity index is 1150. The van der Waals surface area contributed by atoms with Crippen molar-refractivity contribution < 1.29 is 9.59 Å². The summed E-state index contributed by atoms with van der Waals surface area (Å²) in [6, 6.07) is 22.0. The summed E-state index contributed by atoms with van der Waals surface area (Å²) in [5, 5.41) is 9.94. The van der Waals surface area contributed by atoms with Crippen LogP contribution in [-0.2, 0) is 4.79 Å². The number of halogens is 1. The molecular weight excluding hydrogens is 474 g/mol. The number of nitrogens with one attached hydrogen (secondary N) is 3. The number of benzene rings is 3. The maximum atomic E-state index is 12.7. The van der Waals surface area contributed by atoms with E-state index in [1.807, 2.05) is 37.3 Å². The van der Waals surface area contributed by atoms with E-state index in [9.17, 15) is 9.59 Å². The molecule has 0 aliphatic carbocycles. The molecular formula is C25H24ClN3O2S2. The van der Waals surface area contributed by atoms with Crippen LogP contribution in [0.15, 0.2) is 77.7 Å². The Labute approximate surface area is 208 Å². The van der Waals surface area contributed by atoms with E-state index < -0.39 is 0 Å². The average Bonchev–Trinajstić information content (AvgIpc) is 2.78. The third-order valence-corrected chi connectivity index (χ3v) is 6.47. The maximum Gasteiger partial charge on any atom is 0.237 e. The van der Waals surface area contributed by atoms with E-state index in [1.165, 1.54) is 18.7 Å². The molecule has 1 amide bonds. The summed E-state index contributed by atoms with van der Waals surface area (Å²) in [4.78, 5) is 25.1. The number of anilines is 3. The summed E-state index contributed by atoms with van der Waals surface area (Å²) in [7, 11) is 0. The SMILES string of the molecule is CCC(Sc1cccc(NC(=S)Nc2ccc(C(C)=O)cc2)c1)C(=O)Nc1cccc(Cl)c1. The Kier molecular flexibility index (Phi) is 8.88. The van der Waals surface area contributed by atoms with Gasteiger partial charge in [-0.1, -0.05) is 30.7 Å². The molecule has 0 heterocycles. The van der Waals surface area contributed by atoms with Crippen LogP contribution in [0.5, 0.6) is 0 Å². The number of carbonyl (C=O) groups is 2. The Morgan fingerprint density at radius 3 is 2.18 bits per heavy atom. The Morgan fingerprint density at radius 2 is 1.55 bits per heavy atom. The first-order valence-electron chi connectivity index (χ1n) is 10.4. The highest BCUT2D eigenvalue weighted by Gasteiger charge is 2.18. The van der Waals surface area contributed by atoms with E-state index in [2.05, 4.69) is 16.0 Å². The molecule has 3 N–H and O–H groups in total. The molecule has 170 valence electrons. The fraction of sp³-hybridized carbons (Fsp3) is 0.160. The summed E-state index contributed by atoms with van der Waals surface area (Å²) in [6.07, 6.45) is 0.672. The van der Waals surface area contributed by atoms with Crippen LogP contribution in [0, 0.1) is 0 Å². The molecule has 0 fully saturated rings. The van der Waals surface area contributed by atoms with E-state index in [1.54, 1.807) is 42.5 Å². The standard InChI is InChI=1S/C25H24ClN3O2S2/c1-3-23(24(31)27-20-7-4-6-18(26)14-20)33-22-9-5-8-21(15-22)29-25(32)28-19-12-10-17(11-13-19)16(2)30/h4-15,23H,3H2,1-2H3,(H,27,31)(H2,28,29,32). The number of hydrogen-bond donors (Lipinski definition) is 3. The van der Waals surface area contributed by atoms with Gasteiger partial charge in [0, 0.05) is 32.5 Å². The molecule has 0 saturated carbocycles. The number of ketones is 1. The summed E-state index contributed by atoms with van der Waals surface area (Å²) >= 11 is 12.9. The first-order valence-corrected chi connectivity index (χ1v) is 12.0. The summed E-state index contributed by atoms with van der Waals surface area (Å²) < 4.78 is 0. The zero-order valence-corrected chi connectivity index (χ0v) is 20.6. The van der Waals surface area contributed by atoms with E-state index >= 15 is 0 Å². The molecule has 0 saturated heterocycles. The van der Waals surface area contributed by atoms with Crippen molar-refractivity contribution >= 4 is 69.4 Å². The third kappa shape index (κ3) is 7.60. The first-order chi connectivity index (χ1) is 15.8. The van der Waals surface area contributed by atoms with Crippen molar-refractivity contribution in [3.05, 3.63) is 83.4 Å². The van der Waals surface area contributed by atoms with Crippen LogP contribution in [0.1, 0.15) is 30.6 Å². The minimum Gasteiger partial charge on any atom is -0.332 e. The van der Waals surface area contributed by atoms with Gasteiger partial charge in [0.25, 0.3) is 0 Å². The smallest absolute Gasteiger partial charge is 0.237 e. The van der Waals surface area contributed by atoms with Crippen LogP contribution >= 0.6 is 35.6 Å². The second kappa shape index (κ2) is 11.8. The number of thioether (sulfide) groups is 1. The Balaban J connectivity index is 1.60. The number of thiocarbonyl (C=S) groups is 1. The van der Waals surface area contributed by atoms with Crippen LogP contribution in [0.4, 0.5) is 17.1 Å².